The molecule has 0 atom stereocenters. The van der Waals surface area contributed by atoms with Crippen LogP contribution in [-0.2, 0) is 14.0 Å². The van der Waals surface area contributed by atoms with Crippen molar-refractivity contribution in [3.8, 4) is 0 Å². The molecule has 0 saturated carbocycles. The van der Waals surface area contributed by atoms with Gasteiger partial charge in [0.1, 0.15) is 0 Å². The third-order valence-corrected chi connectivity index (χ3v) is 10.8. The van der Waals surface area contributed by atoms with Gasteiger partial charge in [0.05, 0.1) is 0 Å². The van der Waals surface area contributed by atoms with Crippen LogP contribution in [0.3, 0.4) is 0 Å². The van der Waals surface area contributed by atoms with Gasteiger partial charge in [0.25, 0.3) is 0 Å². The predicted octanol–water partition coefficient (Wildman–Crippen LogP) is 8.63. The third kappa shape index (κ3) is 9.76. The highest BCUT2D eigenvalue weighted by atomic mass is 19.2. The Morgan fingerprint density at radius 2 is 0.286 bits per heavy atom. The van der Waals surface area contributed by atoms with E-state index in [4.69, 9.17) is 14.0 Å². The Morgan fingerprint density at radius 3 is 0.390 bits per heavy atom. The smallest absolute Gasteiger partial charge is 0.374 e. The molecule has 6 aromatic rings. The van der Waals surface area contributed by atoms with Gasteiger partial charge in [-0.05, 0) is 0 Å². The maximum atomic E-state index is 15.4. The summed E-state index contributed by atoms with van der Waals surface area (Å²) in [5.41, 5.74) is -20.8. The van der Waals surface area contributed by atoms with E-state index in [1.54, 1.807) is 0 Å². The molecule has 0 N–H and O–H groups in total. The highest BCUT2D eigenvalue weighted by molar-refractivity contribution is 6.81. The molecule has 77 heavy (non-hydrogen) atoms. The van der Waals surface area contributed by atoms with Crippen molar-refractivity contribution in [2.75, 3.05) is 19.8 Å². The molecule has 0 heterocycles. The number of hydrogen-bond acceptors (Lipinski definition) is 3. The molecule has 0 aromatic heterocycles. The fraction of sp³-hybridized carbons (Fsp3) is 0.122. The normalized spacial score (nSPS) is 11.9. The van der Waals surface area contributed by atoms with Crippen LogP contribution in [0.5, 0.6) is 0 Å². The number of hydrogen-bond donors (Lipinski definition) is 0. The van der Waals surface area contributed by atoms with E-state index in [2.05, 4.69) is 0 Å². The average Bonchev–Trinajstić information content (AvgIpc) is 3.42. The van der Waals surface area contributed by atoms with Crippen molar-refractivity contribution >= 4 is 53.5 Å². The Bertz CT molecular complexity index is 2720. The van der Waals surface area contributed by atoms with E-state index in [0.29, 0.717) is 0 Å². The van der Waals surface area contributed by atoms with Gasteiger partial charge in [-0.1, -0.05) is 6.92 Å². The standard InChI is InChI=1S/C41H9B3F30O3/c1-41(2-75-42(5-11(45)23(57)35(69)24(58)12(5)46)6-13(47)25(59)36(70)26(60)14(6)48,3-76-43(7-15(49)27(61)37(71)28(62)16(7)50)8-17(51)29(63)38(72)30(64)18(8)52)4-77-44(9-19(53)31(65)39(73)32(66)20(9)54)10-21(55)33(67)40(74)34(68)22(10)56/h2-4H2,1H3. The van der Waals surface area contributed by atoms with Gasteiger partial charge in [0.2, 0.25) is 0 Å². The zero-order valence-electron chi connectivity index (χ0n) is 35.9. The van der Waals surface area contributed by atoms with Crippen LogP contribution in [-0.4, -0.2) is 40.6 Å². The first-order valence-corrected chi connectivity index (χ1v) is 19.5. The lowest BCUT2D eigenvalue weighted by molar-refractivity contribution is 0.0487. The molecule has 0 radical (unpaired) electrons. The summed E-state index contributed by atoms with van der Waals surface area (Å²) < 4.78 is 460. The van der Waals surface area contributed by atoms with E-state index < -0.39 is 253 Å². The van der Waals surface area contributed by atoms with Crippen LogP contribution in [0.25, 0.3) is 0 Å². The van der Waals surface area contributed by atoms with Crippen molar-refractivity contribution in [3.05, 3.63) is 175 Å². The third-order valence-electron chi connectivity index (χ3n) is 10.8. The highest BCUT2D eigenvalue weighted by Crippen LogP contribution is 2.29. The second kappa shape index (κ2) is 21.6. The molecule has 0 bridgehead atoms. The summed E-state index contributed by atoms with van der Waals surface area (Å²) >= 11 is 0. The van der Waals surface area contributed by atoms with Crippen molar-refractivity contribution in [3.63, 3.8) is 0 Å². The van der Waals surface area contributed by atoms with Gasteiger partial charge >= 0.3 is 20.7 Å². The van der Waals surface area contributed by atoms with Crippen LogP contribution in [0.1, 0.15) is 6.92 Å². The van der Waals surface area contributed by atoms with Gasteiger partial charge in [0, 0.05) is 58.0 Å². The largest absolute Gasteiger partial charge is 0.426 e. The molecule has 3 nitrogen and oxygen atoms in total. The predicted molar refractivity (Wildman–Crippen MR) is 198 cm³/mol. The second-order valence-corrected chi connectivity index (χ2v) is 15.8. The molecule has 6 rings (SSSR count). The summed E-state index contributed by atoms with van der Waals surface area (Å²) in [6, 6.07) is 0. The Labute approximate surface area is 405 Å². The molecule has 6 aromatic carbocycles. The van der Waals surface area contributed by atoms with Crippen molar-refractivity contribution in [2.45, 2.75) is 6.92 Å². The van der Waals surface area contributed by atoms with Crippen LogP contribution < -0.4 is 32.8 Å². The van der Waals surface area contributed by atoms with Gasteiger partial charge in [-0.25, -0.2) is 132 Å². The maximum absolute atomic E-state index is 15.4. The monoisotopic (exact) mass is 1150 g/mol. The summed E-state index contributed by atoms with van der Waals surface area (Å²) in [6.45, 7) is -20.1. The summed E-state index contributed by atoms with van der Waals surface area (Å²) in [5.74, 6) is -97.3. The molecule has 0 aliphatic carbocycles. The van der Waals surface area contributed by atoms with Crippen LogP contribution in [0, 0.1) is 180 Å². The van der Waals surface area contributed by atoms with Crippen LogP contribution in [0.4, 0.5) is 132 Å². The van der Waals surface area contributed by atoms with E-state index in [9.17, 15) is 79.0 Å². The first kappa shape index (κ1) is 59.5. The molecule has 0 unspecified atom stereocenters. The highest BCUT2D eigenvalue weighted by Gasteiger charge is 2.48. The number of rotatable bonds is 15. The van der Waals surface area contributed by atoms with Crippen LogP contribution in [0.15, 0.2) is 0 Å². The first-order chi connectivity index (χ1) is 35.6. The lowest BCUT2D eigenvalue weighted by Crippen LogP contribution is -2.57. The van der Waals surface area contributed by atoms with Gasteiger partial charge in [-0.3, -0.25) is 0 Å². The fourth-order valence-corrected chi connectivity index (χ4v) is 7.02. The topological polar surface area (TPSA) is 27.7 Å². The van der Waals surface area contributed by atoms with E-state index in [1.165, 1.54) is 0 Å². The molecular formula is C41H9B3F30O3. The average molecular weight is 1150 g/mol. The minimum absolute atomic E-state index is 0.00341. The van der Waals surface area contributed by atoms with Crippen molar-refractivity contribution in [1.82, 2.24) is 0 Å². The number of benzene rings is 6. The SMILES string of the molecule is CC(COB(c1c(F)c(F)c(F)c(F)c1F)c1c(F)c(F)c(F)c(F)c1F)(COB(c1c(F)c(F)c(F)c(F)c1F)c1c(F)c(F)c(F)c(F)c1F)COB(c1c(F)c(F)c(F)c(F)c1F)c1c(F)c(F)c(F)c(F)c1F. The second-order valence-electron chi connectivity index (χ2n) is 15.8. The molecule has 36 heteroatoms. The van der Waals surface area contributed by atoms with E-state index >= 15 is 52.7 Å². The summed E-state index contributed by atoms with van der Waals surface area (Å²) in [7, 11) is 0. The first-order valence-electron chi connectivity index (χ1n) is 19.5. The summed E-state index contributed by atoms with van der Waals surface area (Å²) in [5, 5.41) is 0. The molecular weight excluding hydrogens is 1140 g/mol. The Hall–Kier alpha value is -6.71. The molecule has 0 amide bonds. The zero-order valence-corrected chi connectivity index (χ0v) is 35.9. The Morgan fingerprint density at radius 1 is 0.195 bits per heavy atom. The minimum Gasteiger partial charge on any atom is -0.426 e. The van der Waals surface area contributed by atoms with Gasteiger partial charge < -0.3 is 14.0 Å². The Kier molecular flexibility index (Phi) is 16.7. The molecule has 0 aliphatic heterocycles. The minimum atomic E-state index is -4.16. The van der Waals surface area contributed by atoms with Gasteiger partial charge in [-0.15, -0.1) is 0 Å². The van der Waals surface area contributed by atoms with E-state index in [1.807, 2.05) is 0 Å². The molecule has 410 valence electrons. The fourth-order valence-electron chi connectivity index (χ4n) is 7.02. The van der Waals surface area contributed by atoms with E-state index in [0.717, 1.165) is 0 Å². The molecule has 0 saturated heterocycles. The van der Waals surface area contributed by atoms with Gasteiger partial charge in [0.15, 0.2) is 175 Å². The lowest BCUT2D eigenvalue weighted by atomic mass is 9.53. The maximum Gasteiger partial charge on any atom is 0.374 e. The van der Waals surface area contributed by atoms with Crippen molar-refractivity contribution < 1.29 is 146 Å². The van der Waals surface area contributed by atoms with Gasteiger partial charge in [-0.2, -0.15) is 0 Å². The number of halogens is 30. The lowest BCUT2D eigenvalue weighted by Gasteiger charge is -2.34. The molecule has 0 fully saturated rings. The van der Waals surface area contributed by atoms with E-state index in [-0.39, 0.29) is 6.92 Å². The van der Waals surface area contributed by atoms with Crippen molar-refractivity contribution in [2.24, 2.45) is 5.41 Å². The summed E-state index contributed by atoms with van der Waals surface area (Å²) in [6.07, 6.45) is 0. The van der Waals surface area contributed by atoms with Crippen LogP contribution >= 0.6 is 0 Å². The quantitative estimate of drug-likeness (QED) is 0.0447. The zero-order chi connectivity index (χ0) is 58.3. The molecule has 0 aliphatic rings. The van der Waals surface area contributed by atoms with Crippen molar-refractivity contribution in [1.29, 1.82) is 0 Å². The Balaban J connectivity index is 1.68. The molecule has 0 spiro atoms. The summed E-state index contributed by atoms with van der Waals surface area (Å²) in [4.78, 5) is 0. The van der Waals surface area contributed by atoms with Crippen LogP contribution in [0.2, 0.25) is 0 Å².